The minimum Gasteiger partial charge on any atom is -0.365 e. The first kappa shape index (κ1) is 10.0. The van der Waals surface area contributed by atoms with Crippen LogP contribution in [-0.2, 0) is 4.74 Å². The highest BCUT2D eigenvalue weighted by Crippen LogP contribution is 2.32. The Hall–Kier alpha value is -0.0800. The highest BCUT2D eigenvalue weighted by molar-refractivity contribution is 4.76. The summed E-state index contributed by atoms with van der Waals surface area (Å²) >= 11 is 0. The molecule has 1 N–H and O–H groups in total. The van der Waals surface area contributed by atoms with Crippen molar-refractivity contribution in [2.24, 2.45) is 0 Å². The number of ether oxygens (including phenoxy) is 1. The van der Waals surface area contributed by atoms with Gasteiger partial charge in [-0.25, -0.2) is 0 Å². The lowest BCUT2D eigenvalue weighted by molar-refractivity contribution is -0.225. The predicted molar refractivity (Wildman–Crippen MR) is 48.9 cm³/mol. The van der Waals surface area contributed by atoms with Gasteiger partial charge in [0.15, 0.2) is 5.79 Å². The summed E-state index contributed by atoms with van der Waals surface area (Å²) in [4.78, 5) is 0. The van der Waals surface area contributed by atoms with Gasteiger partial charge in [-0.2, -0.15) is 0 Å². The molecule has 0 unspecified atom stereocenters. The lowest BCUT2D eigenvalue weighted by atomic mass is 10.2. The van der Waals surface area contributed by atoms with E-state index in [-0.39, 0.29) is 6.10 Å². The van der Waals surface area contributed by atoms with Crippen molar-refractivity contribution in [1.29, 1.82) is 0 Å². The minimum atomic E-state index is -0.781. The summed E-state index contributed by atoms with van der Waals surface area (Å²) in [5, 5.41) is 9.90. The average Bonchev–Trinajstić information content (AvgIpc) is 2.48. The molecule has 0 amide bonds. The monoisotopic (exact) mass is 172 g/mol. The molecule has 2 heteroatoms. The molecule has 0 aromatic heterocycles. The molecule has 72 valence electrons. The predicted octanol–water partition coefficient (Wildman–Crippen LogP) is 2.45. The van der Waals surface area contributed by atoms with E-state index in [0.717, 1.165) is 38.5 Å². The van der Waals surface area contributed by atoms with Crippen molar-refractivity contribution in [1.82, 2.24) is 0 Å². The highest BCUT2D eigenvalue weighted by atomic mass is 16.6. The second kappa shape index (κ2) is 4.24. The maximum Gasteiger partial charge on any atom is 0.165 e. The van der Waals surface area contributed by atoms with Crippen LogP contribution in [0, 0.1) is 0 Å². The fraction of sp³-hybridized carbons (Fsp3) is 1.00. The van der Waals surface area contributed by atoms with Crippen molar-refractivity contribution in [3.63, 3.8) is 0 Å². The zero-order valence-corrected chi connectivity index (χ0v) is 8.18. The molecular formula is C10H20O2. The van der Waals surface area contributed by atoms with Crippen LogP contribution in [0.5, 0.6) is 0 Å². The molecule has 0 atom stereocenters. The van der Waals surface area contributed by atoms with Gasteiger partial charge >= 0.3 is 0 Å². The van der Waals surface area contributed by atoms with Crippen molar-refractivity contribution in [2.45, 2.75) is 64.3 Å². The largest absolute Gasteiger partial charge is 0.365 e. The van der Waals surface area contributed by atoms with E-state index in [9.17, 15) is 5.11 Å². The Bertz CT molecular complexity index is 124. The number of hydrogen-bond acceptors (Lipinski definition) is 2. The van der Waals surface area contributed by atoms with Crippen LogP contribution in [0.15, 0.2) is 0 Å². The van der Waals surface area contributed by atoms with E-state index in [1.165, 1.54) is 0 Å². The van der Waals surface area contributed by atoms with Crippen LogP contribution in [0.25, 0.3) is 0 Å². The normalized spacial score (nSPS) is 22.0. The van der Waals surface area contributed by atoms with Gasteiger partial charge in [-0.15, -0.1) is 0 Å². The Morgan fingerprint density at radius 3 is 2.17 bits per heavy atom. The molecule has 0 bridgehead atoms. The third kappa shape index (κ3) is 2.46. The maximum atomic E-state index is 9.90. The molecule has 0 aliphatic heterocycles. The Kier molecular flexibility index (Phi) is 3.53. The van der Waals surface area contributed by atoms with E-state index >= 15 is 0 Å². The third-order valence-corrected chi connectivity index (χ3v) is 2.68. The fourth-order valence-electron chi connectivity index (χ4n) is 1.81. The molecule has 1 aliphatic rings. The molecule has 1 aliphatic carbocycles. The Labute approximate surface area is 74.9 Å². The van der Waals surface area contributed by atoms with Crippen LogP contribution < -0.4 is 0 Å². The Morgan fingerprint density at radius 2 is 1.75 bits per heavy atom. The van der Waals surface area contributed by atoms with Crippen LogP contribution in [0.2, 0.25) is 0 Å². The van der Waals surface area contributed by atoms with E-state index in [0.29, 0.717) is 0 Å². The van der Waals surface area contributed by atoms with Crippen LogP contribution >= 0.6 is 0 Å². The zero-order chi connectivity index (χ0) is 9.03. The summed E-state index contributed by atoms with van der Waals surface area (Å²) in [6, 6.07) is 0. The number of aliphatic hydroxyl groups is 1. The molecule has 12 heavy (non-hydrogen) atoms. The first-order chi connectivity index (χ1) is 5.70. The second-order valence-electron chi connectivity index (χ2n) is 3.71. The van der Waals surface area contributed by atoms with Gasteiger partial charge in [0, 0.05) is 12.8 Å². The van der Waals surface area contributed by atoms with Gasteiger partial charge in [-0.3, -0.25) is 0 Å². The van der Waals surface area contributed by atoms with E-state index in [1.807, 2.05) is 0 Å². The SMILES string of the molecule is CCC(CC)OC1(O)CCCC1. The summed E-state index contributed by atoms with van der Waals surface area (Å²) in [5.74, 6) is -0.781. The smallest absolute Gasteiger partial charge is 0.165 e. The number of hydrogen-bond donors (Lipinski definition) is 1. The Balaban J connectivity index is 2.36. The molecule has 0 aromatic carbocycles. The average molecular weight is 172 g/mol. The van der Waals surface area contributed by atoms with Gasteiger partial charge in [0.1, 0.15) is 0 Å². The first-order valence-corrected chi connectivity index (χ1v) is 5.10. The summed E-state index contributed by atoms with van der Waals surface area (Å²) in [5.41, 5.74) is 0. The van der Waals surface area contributed by atoms with Gasteiger partial charge < -0.3 is 9.84 Å². The fourth-order valence-corrected chi connectivity index (χ4v) is 1.81. The second-order valence-corrected chi connectivity index (χ2v) is 3.71. The molecule has 1 rings (SSSR count). The third-order valence-electron chi connectivity index (χ3n) is 2.68. The zero-order valence-electron chi connectivity index (χ0n) is 8.18. The number of rotatable bonds is 4. The van der Waals surface area contributed by atoms with Crippen molar-refractivity contribution >= 4 is 0 Å². The molecule has 1 fully saturated rings. The van der Waals surface area contributed by atoms with E-state index in [1.54, 1.807) is 0 Å². The molecule has 0 heterocycles. The van der Waals surface area contributed by atoms with Crippen molar-refractivity contribution in [2.75, 3.05) is 0 Å². The lowest BCUT2D eigenvalue weighted by Crippen LogP contribution is -2.33. The van der Waals surface area contributed by atoms with Crippen LogP contribution in [0.4, 0.5) is 0 Å². The van der Waals surface area contributed by atoms with Crippen LogP contribution in [0.1, 0.15) is 52.4 Å². The summed E-state index contributed by atoms with van der Waals surface area (Å²) < 4.78 is 5.65. The van der Waals surface area contributed by atoms with Gasteiger partial charge in [0.05, 0.1) is 6.10 Å². The topological polar surface area (TPSA) is 29.5 Å². The van der Waals surface area contributed by atoms with Crippen molar-refractivity contribution in [3.8, 4) is 0 Å². The maximum absolute atomic E-state index is 9.90. The Morgan fingerprint density at radius 1 is 1.25 bits per heavy atom. The quantitative estimate of drug-likeness (QED) is 0.660. The minimum absolute atomic E-state index is 0.244. The van der Waals surface area contributed by atoms with Crippen LogP contribution in [-0.4, -0.2) is 17.0 Å². The molecule has 2 nitrogen and oxygen atoms in total. The molecule has 0 saturated heterocycles. The lowest BCUT2D eigenvalue weighted by Gasteiger charge is -2.27. The first-order valence-electron chi connectivity index (χ1n) is 5.10. The molecule has 0 aromatic rings. The summed E-state index contributed by atoms with van der Waals surface area (Å²) in [6.07, 6.45) is 6.10. The van der Waals surface area contributed by atoms with E-state index in [2.05, 4.69) is 13.8 Å². The van der Waals surface area contributed by atoms with Crippen LogP contribution in [0.3, 0.4) is 0 Å². The van der Waals surface area contributed by atoms with Gasteiger partial charge in [-0.05, 0) is 25.7 Å². The summed E-state index contributed by atoms with van der Waals surface area (Å²) in [6.45, 7) is 4.21. The van der Waals surface area contributed by atoms with Gasteiger partial charge in [0.2, 0.25) is 0 Å². The van der Waals surface area contributed by atoms with Gasteiger partial charge in [-0.1, -0.05) is 13.8 Å². The molecular weight excluding hydrogens is 152 g/mol. The van der Waals surface area contributed by atoms with Gasteiger partial charge in [0.25, 0.3) is 0 Å². The molecule has 1 saturated carbocycles. The molecule has 0 spiro atoms. The van der Waals surface area contributed by atoms with Crippen molar-refractivity contribution < 1.29 is 9.84 Å². The highest BCUT2D eigenvalue weighted by Gasteiger charge is 2.33. The molecule has 0 radical (unpaired) electrons. The van der Waals surface area contributed by atoms with E-state index in [4.69, 9.17) is 4.74 Å². The van der Waals surface area contributed by atoms with E-state index < -0.39 is 5.79 Å². The summed E-state index contributed by atoms with van der Waals surface area (Å²) in [7, 11) is 0. The van der Waals surface area contributed by atoms with Crippen molar-refractivity contribution in [3.05, 3.63) is 0 Å². The standard InChI is InChI=1S/C10H20O2/c1-3-9(4-2)12-10(11)7-5-6-8-10/h9,11H,3-8H2,1-2H3.